The summed E-state index contributed by atoms with van der Waals surface area (Å²) >= 11 is 0. The van der Waals surface area contributed by atoms with Gasteiger partial charge in [-0.05, 0) is 5.56 Å². The van der Waals surface area contributed by atoms with Crippen molar-refractivity contribution in [3.63, 3.8) is 0 Å². The molecule has 4 amide bonds. The van der Waals surface area contributed by atoms with Gasteiger partial charge in [-0.15, -0.1) is 0 Å². The van der Waals surface area contributed by atoms with E-state index in [0.717, 1.165) is 10.5 Å². The monoisotopic (exact) mass is 313 g/mol. The Kier molecular flexibility index (Phi) is 4.05. The maximum Gasteiger partial charge on any atom is 0.325 e. The highest BCUT2D eigenvalue weighted by Crippen LogP contribution is 2.08. The van der Waals surface area contributed by atoms with E-state index < -0.39 is 17.8 Å². The number of hydrogen-bond donors (Lipinski definition) is 2. The molecule has 1 aromatic heterocycles. The summed E-state index contributed by atoms with van der Waals surface area (Å²) in [6.07, 6.45) is 3.21. The fourth-order valence-electron chi connectivity index (χ4n) is 2.24. The van der Waals surface area contributed by atoms with Crippen LogP contribution >= 0.6 is 0 Å². The molecule has 2 heterocycles. The SMILES string of the molecule is O=C(CN1C(=O)CNC1=O)Nc1cnn(Cc2ccccc2)c1. The molecule has 0 bridgehead atoms. The number of nitrogens with zero attached hydrogens (tertiary/aromatic N) is 3. The molecule has 2 N–H and O–H groups in total. The third kappa shape index (κ3) is 3.54. The number of benzene rings is 1. The van der Waals surface area contributed by atoms with Gasteiger partial charge in [0.2, 0.25) is 5.91 Å². The zero-order valence-corrected chi connectivity index (χ0v) is 12.2. The molecule has 2 aromatic rings. The Labute approximate surface area is 132 Å². The highest BCUT2D eigenvalue weighted by atomic mass is 16.2. The molecule has 8 heteroatoms. The number of urea groups is 1. The van der Waals surface area contributed by atoms with Crippen molar-refractivity contribution in [3.05, 3.63) is 48.3 Å². The number of nitrogens with one attached hydrogen (secondary N) is 2. The molecule has 1 aromatic carbocycles. The van der Waals surface area contributed by atoms with Gasteiger partial charge >= 0.3 is 6.03 Å². The van der Waals surface area contributed by atoms with Gasteiger partial charge in [0.05, 0.1) is 25.0 Å². The fourth-order valence-corrected chi connectivity index (χ4v) is 2.24. The second-order valence-corrected chi connectivity index (χ2v) is 5.10. The first-order valence-electron chi connectivity index (χ1n) is 7.06. The Hall–Kier alpha value is -3.16. The van der Waals surface area contributed by atoms with Crippen LogP contribution < -0.4 is 10.6 Å². The van der Waals surface area contributed by atoms with Crippen LogP contribution in [-0.4, -0.2) is 45.6 Å². The van der Waals surface area contributed by atoms with Gasteiger partial charge in [0.1, 0.15) is 6.54 Å². The molecule has 0 atom stereocenters. The number of amides is 4. The van der Waals surface area contributed by atoms with Gasteiger partial charge in [-0.2, -0.15) is 5.10 Å². The number of aromatic nitrogens is 2. The average Bonchev–Trinajstić information content (AvgIpc) is 3.09. The standard InChI is InChI=1S/C15H15N5O3/c21-13(10-20-14(22)7-16-15(20)23)18-12-6-17-19(9-12)8-11-4-2-1-3-5-11/h1-6,9H,7-8,10H2,(H,16,23)(H,18,21). The van der Waals surface area contributed by atoms with Crippen LogP contribution in [0.4, 0.5) is 10.5 Å². The van der Waals surface area contributed by atoms with Crippen molar-refractivity contribution >= 4 is 23.5 Å². The Morgan fingerprint density at radius 1 is 1.26 bits per heavy atom. The summed E-state index contributed by atoms with van der Waals surface area (Å²) in [5, 5.41) is 9.15. The van der Waals surface area contributed by atoms with Crippen LogP contribution in [0.1, 0.15) is 5.56 Å². The Bertz CT molecular complexity index is 725. The van der Waals surface area contributed by atoms with E-state index in [4.69, 9.17) is 0 Å². The zero-order chi connectivity index (χ0) is 16.2. The van der Waals surface area contributed by atoms with E-state index >= 15 is 0 Å². The predicted molar refractivity (Wildman–Crippen MR) is 81.5 cm³/mol. The summed E-state index contributed by atoms with van der Waals surface area (Å²) in [6.45, 7) is 0.208. The van der Waals surface area contributed by atoms with Crippen molar-refractivity contribution in [3.8, 4) is 0 Å². The van der Waals surface area contributed by atoms with E-state index in [1.165, 1.54) is 6.20 Å². The summed E-state index contributed by atoms with van der Waals surface area (Å²) in [4.78, 5) is 35.6. The quantitative estimate of drug-likeness (QED) is 0.782. The molecule has 0 aliphatic carbocycles. The molecular formula is C15H15N5O3. The molecule has 1 saturated heterocycles. The van der Waals surface area contributed by atoms with Gasteiger partial charge in [-0.25, -0.2) is 4.79 Å². The smallest absolute Gasteiger partial charge is 0.325 e. The Morgan fingerprint density at radius 2 is 2.04 bits per heavy atom. The molecular weight excluding hydrogens is 298 g/mol. The van der Waals surface area contributed by atoms with Crippen molar-refractivity contribution in [2.45, 2.75) is 6.54 Å². The van der Waals surface area contributed by atoms with Crippen molar-refractivity contribution in [1.29, 1.82) is 0 Å². The second kappa shape index (κ2) is 6.30. The van der Waals surface area contributed by atoms with Crippen LogP contribution in [0.25, 0.3) is 0 Å². The average molecular weight is 313 g/mol. The molecule has 0 radical (unpaired) electrons. The maximum atomic E-state index is 11.9. The molecule has 1 fully saturated rings. The summed E-state index contributed by atoms with van der Waals surface area (Å²) in [6, 6.07) is 9.24. The van der Waals surface area contributed by atoms with Crippen LogP contribution in [-0.2, 0) is 16.1 Å². The van der Waals surface area contributed by atoms with Gasteiger partial charge < -0.3 is 10.6 Å². The van der Waals surface area contributed by atoms with Crippen LogP contribution in [0.3, 0.4) is 0 Å². The summed E-state index contributed by atoms with van der Waals surface area (Å²) in [7, 11) is 0. The largest absolute Gasteiger partial charge is 0.329 e. The third-order valence-corrected chi connectivity index (χ3v) is 3.34. The van der Waals surface area contributed by atoms with Crippen molar-refractivity contribution in [2.24, 2.45) is 0 Å². The number of anilines is 1. The highest BCUT2D eigenvalue weighted by molar-refractivity contribution is 6.06. The molecule has 0 spiro atoms. The minimum Gasteiger partial charge on any atom is -0.329 e. The first kappa shape index (κ1) is 14.8. The Balaban J connectivity index is 1.57. The van der Waals surface area contributed by atoms with Crippen molar-refractivity contribution < 1.29 is 14.4 Å². The topological polar surface area (TPSA) is 96.3 Å². The lowest BCUT2D eigenvalue weighted by molar-refractivity contribution is -0.128. The normalized spacial score (nSPS) is 14.0. The molecule has 8 nitrogen and oxygen atoms in total. The van der Waals surface area contributed by atoms with E-state index in [0.29, 0.717) is 12.2 Å². The van der Waals surface area contributed by atoms with E-state index in [1.807, 2.05) is 30.3 Å². The molecule has 1 aliphatic rings. The van der Waals surface area contributed by atoms with E-state index in [2.05, 4.69) is 15.7 Å². The van der Waals surface area contributed by atoms with E-state index in [9.17, 15) is 14.4 Å². The van der Waals surface area contributed by atoms with Gasteiger partial charge in [-0.1, -0.05) is 30.3 Å². The third-order valence-electron chi connectivity index (χ3n) is 3.34. The Morgan fingerprint density at radius 3 is 2.74 bits per heavy atom. The van der Waals surface area contributed by atoms with Crippen LogP contribution in [0.2, 0.25) is 0 Å². The maximum absolute atomic E-state index is 11.9. The molecule has 3 rings (SSSR count). The van der Waals surface area contributed by atoms with Crippen LogP contribution in [0, 0.1) is 0 Å². The predicted octanol–water partition coefficient (Wildman–Crippen LogP) is 0.422. The lowest BCUT2D eigenvalue weighted by Crippen LogP contribution is -2.38. The molecule has 23 heavy (non-hydrogen) atoms. The summed E-state index contributed by atoms with van der Waals surface area (Å²) in [5.41, 5.74) is 1.60. The fraction of sp³-hybridized carbons (Fsp3) is 0.200. The van der Waals surface area contributed by atoms with Gasteiger partial charge in [0.15, 0.2) is 0 Å². The number of imide groups is 1. The van der Waals surface area contributed by atoms with E-state index in [-0.39, 0.29) is 13.1 Å². The van der Waals surface area contributed by atoms with Crippen LogP contribution in [0.15, 0.2) is 42.7 Å². The summed E-state index contributed by atoms with van der Waals surface area (Å²) < 4.78 is 1.69. The van der Waals surface area contributed by atoms with Crippen molar-refractivity contribution in [1.82, 2.24) is 20.0 Å². The van der Waals surface area contributed by atoms with Crippen molar-refractivity contribution in [2.75, 3.05) is 18.4 Å². The van der Waals surface area contributed by atoms with Gasteiger partial charge in [-0.3, -0.25) is 19.2 Å². The number of carbonyl (C=O) groups excluding carboxylic acids is 3. The number of hydrogen-bond acceptors (Lipinski definition) is 4. The minimum absolute atomic E-state index is 0.0683. The second-order valence-electron chi connectivity index (χ2n) is 5.10. The lowest BCUT2D eigenvalue weighted by Gasteiger charge is -2.11. The number of carbonyl (C=O) groups is 3. The molecule has 0 saturated carbocycles. The lowest BCUT2D eigenvalue weighted by atomic mass is 10.2. The van der Waals surface area contributed by atoms with Gasteiger partial charge in [0, 0.05) is 6.20 Å². The first-order valence-corrected chi connectivity index (χ1v) is 7.06. The van der Waals surface area contributed by atoms with Gasteiger partial charge in [0.25, 0.3) is 5.91 Å². The molecule has 118 valence electrons. The van der Waals surface area contributed by atoms with E-state index in [1.54, 1.807) is 10.9 Å². The molecule has 1 aliphatic heterocycles. The molecule has 0 unspecified atom stereocenters. The minimum atomic E-state index is -0.551. The highest BCUT2D eigenvalue weighted by Gasteiger charge is 2.30. The van der Waals surface area contributed by atoms with Crippen LogP contribution in [0.5, 0.6) is 0 Å². The zero-order valence-electron chi connectivity index (χ0n) is 12.2. The summed E-state index contributed by atoms with van der Waals surface area (Å²) in [5.74, 6) is -0.861. The number of rotatable bonds is 5. The first-order chi connectivity index (χ1) is 11.1.